The van der Waals surface area contributed by atoms with Gasteiger partial charge in [-0.25, -0.2) is 0 Å². The minimum atomic E-state index is -5.32. The molecular formula is C60H89CoN13O15P-7. The summed E-state index contributed by atoms with van der Waals surface area (Å²) in [6.07, 6.45) is -5.93. The number of hydrogen-bond acceptors (Lipinski definition) is 17. The topological polar surface area (TPSA) is 491 Å². The maximum absolute atomic E-state index is 14.2. The van der Waals surface area contributed by atoms with Gasteiger partial charge in [-0.2, -0.15) is 17.1 Å². The van der Waals surface area contributed by atoms with Gasteiger partial charge < -0.3 is 113 Å². The van der Waals surface area contributed by atoms with Gasteiger partial charge in [-0.3, -0.25) is 38.1 Å². The predicted octanol–water partition coefficient (Wildman–Crippen LogP) is 2.40. The molecule has 28 nitrogen and oxygen atoms in total. The molecule has 16 N–H and O–H groups in total. The SMILES string of the molecule is C/C1=C2/[N-]C(CC3[N-]C(/C(C)=C4\[N-]C(/C=C5\[N-]C1C(C)(CC(N)=O)C5CC(N)=O)C(C)(C)C4CCC(N)=O)C(C)(CCC(=O)NCC(C)OP(=O)([O-])O[C@H]1[C@@H](O)[C@@H](N4CNc5ccc([O-])cc54)O[C@@H]1CO)C3CC(N)=O)C(C)(CC(N)=O)C2CCC(N)=O.[CH3-].[Co]. The number of primary amides is 6. The van der Waals surface area contributed by atoms with Gasteiger partial charge in [0.05, 0.1) is 30.8 Å². The number of anilines is 2. The molecule has 7 aliphatic rings. The molecule has 30 heteroatoms. The first kappa shape index (κ1) is 73.0. The summed E-state index contributed by atoms with van der Waals surface area (Å²) >= 11 is 0. The van der Waals surface area contributed by atoms with E-state index in [-0.39, 0.29) is 114 Å². The van der Waals surface area contributed by atoms with Gasteiger partial charge in [0.2, 0.25) is 41.4 Å². The summed E-state index contributed by atoms with van der Waals surface area (Å²) in [5, 5.41) is 61.4. The Hall–Kier alpha value is -6.01. The third kappa shape index (κ3) is 14.7. The summed E-state index contributed by atoms with van der Waals surface area (Å²) in [6.45, 7) is 13.6. The van der Waals surface area contributed by atoms with Gasteiger partial charge in [0.25, 0.3) is 7.82 Å². The molecular weight excluding hydrogens is 1230 g/mol. The average molecular weight is 1320 g/mol. The molecule has 18 atom stereocenters. The van der Waals surface area contributed by atoms with Crippen LogP contribution in [0.2, 0.25) is 0 Å². The Balaban J connectivity index is 0.00000645. The van der Waals surface area contributed by atoms with Crippen molar-refractivity contribution in [2.45, 2.75) is 187 Å². The molecule has 7 aliphatic heterocycles. The van der Waals surface area contributed by atoms with Gasteiger partial charge in [-0.05, 0) is 97.5 Å². The summed E-state index contributed by atoms with van der Waals surface area (Å²) in [6, 6.07) is 0.313. The fourth-order valence-corrected chi connectivity index (χ4v) is 16.6. The number of aliphatic hydroxyl groups is 2. The van der Waals surface area contributed by atoms with Crippen LogP contribution in [-0.4, -0.2) is 132 Å². The van der Waals surface area contributed by atoms with Crippen LogP contribution >= 0.6 is 7.82 Å². The molecule has 1 radical (unpaired) electrons. The molecule has 7 amide bonds. The van der Waals surface area contributed by atoms with Crippen molar-refractivity contribution in [3.05, 3.63) is 81.2 Å². The standard InChI is InChI=1S/C59H88N13O15P.CH3.Co/c1-27(86-88(83,84)87-52-39(25-73)85-55(51(52)82)72-26-67-35-12-9-30(74)17-38(35)72)24-66-48(81)15-16-57(6)33(18-44(62)77)37-21-41-58(7,22-46(64)79)32(11-14-43(61)76)50(71-41)29(3)54-59(8,23-47(65)80)34(19-45(63)78)36(69-54)20-40-56(4,5)31(10-13-42(60)75)49(70-40)28(2)53(57)68-37;;/h9,12,17,20,27,31-34,37,39-41,51-55,67,73-74,82H,10-11,13-16,18-19,21-26H2,1-8H3,(H2,60,75)(H2,61,76)(H2,62,77)(H2,63,78)(H2,64,79)(H2,65,80)(H,66,81)(H,83,84);1H3;/q-4;-1;/p-2/b36-20-,49-28-,50-29-;;/t27?,31?,32?,33?,34?,37?,39-,40?,41?,51-,52-,53?,54?,55+,57?,58?,59?;;/m1../s1. The Kier molecular flexibility index (Phi) is 22.8. The van der Waals surface area contributed by atoms with Gasteiger partial charge in [0.1, 0.15) is 18.3 Å². The Bertz CT molecular complexity index is 3080. The van der Waals surface area contributed by atoms with Crippen molar-refractivity contribution in [3.63, 3.8) is 0 Å². The Morgan fingerprint density at radius 3 is 2.02 bits per heavy atom. The zero-order valence-corrected chi connectivity index (χ0v) is 54.4. The molecule has 1 aromatic carbocycles. The summed E-state index contributed by atoms with van der Waals surface area (Å²) in [4.78, 5) is 108. The van der Waals surface area contributed by atoms with E-state index in [0.717, 1.165) is 0 Å². The fraction of sp³-hybridized carbons (Fsp3) is 0.667. The van der Waals surface area contributed by atoms with Gasteiger partial charge in [0, 0.05) is 68.3 Å². The third-order valence-corrected chi connectivity index (χ3v) is 21.2. The van der Waals surface area contributed by atoms with Crippen LogP contribution in [0.5, 0.6) is 5.75 Å². The Morgan fingerprint density at radius 2 is 1.42 bits per heavy atom. The zero-order valence-electron chi connectivity index (χ0n) is 52.5. The van der Waals surface area contributed by atoms with E-state index in [1.54, 1.807) is 6.07 Å². The summed E-state index contributed by atoms with van der Waals surface area (Å²) < 4.78 is 30.0. The van der Waals surface area contributed by atoms with Crippen molar-refractivity contribution in [2.24, 2.45) is 79.7 Å². The maximum atomic E-state index is 14.2. The number of hydrogen-bond donors (Lipinski definition) is 10. The minimum absolute atomic E-state index is 0. The molecule has 7 heterocycles. The second-order valence-corrected chi connectivity index (χ2v) is 27.8. The van der Waals surface area contributed by atoms with Gasteiger partial charge in [0.15, 0.2) is 6.23 Å². The van der Waals surface area contributed by atoms with Crippen LogP contribution in [0.15, 0.2) is 52.5 Å². The van der Waals surface area contributed by atoms with Crippen molar-refractivity contribution >= 4 is 60.5 Å². The monoisotopic (exact) mass is 1320 g/mol. The number of aliphatic hydroxyl groups excluding tert-OH is 2. The van der Waals surface area contributed by atoms with Crippen LogP contribution in [0.1, 0.15) is 126 Å². The molecule has 8 bridgehead atoms. The fourth-order valence-electron chi connectivity index (χ4n) is 15.5. The van der Waals surface area contributed by atoms with E-state index >= 15 is 0 Å². The van der Waals surface area contributed by atoms with Crippen LogP contribution in [0, 0.1) is 52.8 Å². The number of nitrogens with zero attached hydrogens (tertiary/aromatic N) is 5. The predicted molar refractivity (Wildman–Crippen MR) is 325 cm³/mol. The number of phosphoric acid groups is 1. The second-order valence-electron chi connectivity index (χ2n) is 26.5. The number of nitrogens with two attached hydrogens (primary N) is 6. The minimum Gasteiger partial charge on any atom is -0.872 e. The van der Waals surface area contributed by atoms with Crippen molar-refractivity contribution in [1.29, 1.82) is 0 Å². The molecule has 0 aromatic heterocycles. The van der Waals surface area contributed by atoms with Crippen molar-refractivity contribution in [3.8, 4) is 5.75 Å². The Morgan fingerprint density at radius 1 is 0.822 bits per heavy atom. The first-order valence-electron chi connectivity index (χ1n) is 29.9. The second kappa shape index (κ2) is 28.1. The van der Waals surface area contributed by atoms with E-state index in [9.17, 15) is 58.3 Å². The zero-order chi connectivity index (χ0) is 64.9. The van der Waals surface area contributed by atoms with E-state index < -0.39 is 162 Å². The number of fused-ring (bicyclic) bond motifs is 9. The molecule has 5 fully saturated rings. The normalized spacial score (nSPS) is 36.2. The van der Waals surface area contributed by atoms with Crippen LogP contribution in [0.25, 0.3) is 21.3 Å². The quantitative estimate of drug-likeness (QED) is 0.0496. The van der Waals surface area contributed by atoms with E-state index in [1.807, 2.05) is 54.5 Å². The summed E-state index contributed by atoms with van der Waals surface area (Å²) in [7, 11) is -5.32. The molecule has 0 aliphatic carbocycles. The average Bonchev–Trinajstić information content (AvgIpc) is 1.58. The van der Waals surface area contributed by atoms with E-state index in [0.29, 0.717) is 39.6 Å². The van der Waals surface area contributed by atoms with Crippen molar-refractivity contribution in [1.82, 2.24) is 5.32 Å². The molecule has 5 saturated heterocycles. The Labute approximate surface area is 536 Å². The van der Waals surface area contributed by atoms with E-state index in [1.165, 1.54) is 24.0 Å². The number of allylic oxidation sites excluding steroid dienone is 3. The first-order chi connectivity index (χ1) is 41.0. The van der Waals surface area contributed by atoms with Gasteiger partial charge in [-0.1, -0.05) is 59.2 Å². The van der Waals surface area contributed by atoms with Crippen LogP contribution in [-0.2, 0) is 68.7 Å². The molecule has 1 aromatic rings. The number of nitrogens with one attached hydrogen (secondary N) is 2. The molecule has 90 heavy (non-hydrogen) atoms. The number of rotatable bonds is 25. The number of ether oxygens (including phenoxy) is 1. The van der Waals surface area contributed by atoms with Crippen molar-refractivity contribution < 1.29 is 88.9 Å². The third-order valence-electron chi connectivity index (χ3n) is 20.1. The number of benzene rings is 1. The van der Waals surface area contributed by atoms with E-state index in [4.69, 9.17) is 69.5 Å². The first-order valence-corrected chi connectivity index (χ1v) is 31.4. The number of carbonyl (C=O) groups is 7. The van der Waals surface area contributed by atoms with E-state index in [2.05, 4.69) is 10.6 Å². The summed E-state index contributed by atoms with van der Waals surface area (Å²) in [5.74, 6) is -7.31. The smallest absolute Gasteiger partial charge is 0.268 e. The molecule has 0 saturated carbocycles. The summed E-state index contributed by atoms with van der Waals surface area (Å²) in [5.41, 5.74) is 35.4. The van der Waals surface area contributed by atoms with Gasteiger partial charge >= 0.3 is 0 Å². The molecule has 14 unspecified atom stereocenters. The number of amides is 7. The number of phosphoric ester groups is 1. The molecule has 0 spiro atoms. The molecule has 505 valence electrons. The number of carbonyl (C=O) groups excluding carboxylic acids is 7. The molecule has 8 rings (SSSR count). The van der Waals surface area contributed by atoms with Gasteiger partial charge in [-0.15, -0.1) is 41.1 Å². The largest absolute Gasteiger partial charge is 0.872 e. The van der Waals surface area contributed by atoms with Crippen LogP contribution < -0.4 is 59.9 Å². The van der Waals surface area contributed by atoms with Crippen molar-refractivity contribution in [2.75, 3.05) is 30.0 Å². The van der Waals surface area contributed by atoms with Crippen LogP contribution in [0.3, 0.4) is 0 Å². The van der Waals surface area contributed by atoms with Crippen LogP contribution in [0.4, 0.5) is 11.4 Å². The maximum Gasteiger partial charge on any atom is 0.268 e.